The number of aliphatic imine (C=N–C) groups is 1. The van der Waals surface area contributed by atoms with Gasteiger partial charge in [-0.2, -0.15) is 0 Å². The molecule has 0 aromatic heterocycles. The molecule has 2 aromatic carbocycles. The number of benzene rings is 2. The number of esters is 1. The molecule has 0 aliphatic heterocycles. The third-order valence-corrected chi connectivity index (χ3v) is 4.36. The van der Waals surface area contributed by atoms with Crippen LogP contribution in [0.3, 0.4) is 0 Å². The highest BCUT2D eigenvalue weighted by Crippen LogP contribution is 2.21. The van der Waals surface area contributed by atoms with E-state index in [1.54, 1.807) is 0 Å². The van der Waals surface area contributed by atoms with Gasteiger partial charge in [-0.05, 0) is 44.9 Å². The summed E-state index contributed by atoms with van der Waals surface area (Å²) in [5, 5.41) is 0. The van der Waals surface area contributed by atoms with Crippen molar-refractivity contribution in [1.29, 1.82) is 0 Å². The quantitative estimate of drug-likeness (QED) is 0.509. The maximum Gasteiger partial charge on any atom is 0.331 e. The molecule has 0 unspecified atom stereocenters. The van der Waals surface area contributed by atoms with Gasteiger partial charge in [0.15, 0.2) is 6.04 Å². The highest BCUT2D eigenvalue weighted by atomic mass is 79.9. The van der Waals surface area contributed by atoms with Gasteiger partial charge in [-0.1, -0.05) is 64.5 Å². The number of ether oxygens (including phenoxy) is 1. The molecule has 0 amide bonds. The zero-order chi connectivity index (χ0) is 18.4. The van der Waals surface area contributed by atoms with Crippen molar-refractivity contribution in [1.82, 2.24) is 0 Å². The molecule has 3 nitrogen and oxygen atoms in total. The van der Waals surface area contributed by atoms with Crippen molar-refractivity contribution in [2.45, 2.75) is 45.8 Å². The lowest BCUT2D eigenvalue weighted by Crippen LogP contribution is -2.32. The van der Waals surface area contributed by atoms with E-state index in [4.69, 9.17) is 4.74 Å². The summed E-state index contributed by atoms with van der Waals surface area (Å²) in [6.07, 6.45) is 0.487. The molecule has 1 atom stereocenters. The second kappa shape index (κ2) is 8.43. The first-order valence-corrected chi connectivity index (χ1v) is 9.11. The second-order valence-corrected chi connectivity index (χ2v) is 7.78. The second-order valence-electron chi connectivity index (χ2n) is 6.93. The van der Waals surface area contributed by atoms with E-state index in [-0.39, 0.29) is 5.97 Å². The van der Waals surface area contributed by atoms with Gasteiger partial charge in [-0.3, -0.25) is 4.99 Å². The van der Waals surface area contributed by atoms with Crippen molar-refractivity contribution >= 4 is 27.6 Å². The standard InChI is InChI=1S/C21H24BrNO2/c1-15(16-10-6-5-7-11-16)23-19(20(24)25-21(2,3)4)14-17-12-8-9-13-18(17)22/h5-13,19H,14H2,1-4H3/t19-/m0/s1. The summed E-state index contributed by atoms with van der Waals surface area (Å²) < 4.78 is 6.56. The summed E-state index contributed by atoms with van der Waals surface area (Å²) in [5.41, 5.74) is 2.31. The van der Waals surface area contributed by atoms with Crippen molar-refractivity contribution in [2.24, 2.45) is 4.99 Å². The molecule has 0 aliphatic carbocycles. The zero-order valence-electron chi connectivity index (χ0n) is 15.1. The van der Waals surface area contributed by atoms with Crippen LogP contribution < -0.4 is 0 Å². The van der Waals surface area contributed by atoms with Crippen LogP contribution in [0.5, 0.6) is 0 Å². The van der Waals surface area contributed by atoms with Crippen LogP contribution in [0.25, 0.3) is 0 Å². The number of halogens is 1. The first-order chi connectivity index (χ1) is 11.8. The van der Waals surface area contributed by atoms with Gasteiger partial charge in [0.25, 0.3) is 0 Å². The maximum atomic E-state index is 12.7. The van der Waals surface area contributed by atoms with Crippen LogP contribution in [-0.4, -0.2) is 23.3 Å². The van der Waals surface area contributed by atoms with Crippen molar-refractivity contribution in [3.63, 3.8) is 0 Å². The number of hydrogen-bond acceptors (Lipinski definition) is 3. The largest absolute Gasteiger partial charge is 0.458 e. The topological polar surface area (TPSA) is 38.7 Å². The van der Waals surface area contributed by atoms with Crippen LogP contribution in [0, 0.1) is 0 Å². The van der Waals surface area contributed by atoms with Crippen molar-refractivity contribution < 1.29 is 9.53 Å². The van der Waals surface area contributed by atoms with Gasteiger partial charge < -0.3 is 4.74 Å². The average molecular weight is 402 g/mol. The van der Waals surface area contributed by atoms with Crippen LogP contribution in [0.15, 0.2) is 64.1 Å². The molecule has 4 heteroatoms. The SMILES string of the molecule is CC(=N[C@@H](Cc1ccccc1Br)C(=O)OC(C)(C)C)c1ccccc1. The first kappa shape index (κ1) is 19.4. The van der Waals surface area contributed by atoms with Crippen molar-refractivity contribution in [3.05, 3.63) is 70.2 Å². The highest BCUT2D eigenvalue weighted by Gasteiger charge is 2.26. The molecule has 2 aromatic rings. The van der Waals surface area contributed by atoms with Crippen LogP contribution >= 0.6 is 15.9 Å². The van der Waals surface area contributed by atoms with Gasteiger partial charge in [0, 0.05) is 16.6 Å². The van der Waals surface area contributed by atoms with Crippen LogP contribution in [0.1, 0.15) is 38.8 Å². The number of hydrogen-bond donors (Lipinski definition) is 0. The highest BCUT2D eigenvalue weighted by molar-refractivity contribution is 9.10. The molecular formula is C21H24BrNO2. The van der Waals surface area contributed by atoms with Gasteiger partial charge in [0.1, 0.15) is 5.60 Å². The van der Waals surface area contributed by atoms with Crippen LogP contribution in [-0.2, 0) is 16.0 Å². The molecule has 132 valence electrons. The van der Waals surface area contributed by atoms with E-state index >= 15 is 0 Å². The fourth-order valence-corrected chi connectivity index (χ4v) is 2.86. The third-order valence-electron chi connectivity index (χ3n) is 3.59. The maximum absolute atomic E-state index is 12.7. The van der Waals surface area contributed by atoms with Crippen LogP contribution in [0.2, 0.25) is 0 Å². The van der Waals surface area contributed by atoms with E-state index in [1.807, 2.05) is 82.3 Å². The number of nitrogens with zero attached hydrogens (tertiary/aromatic N) is 1. The molecule has 0 heterocycles. The minimum absolute atomic E-state index is 0.307. The van der Waals surface area contributed by atoms with E-state index in [0.717, 1.165) is 21.3 Å². The molecule has 0 saturated carbocycles. The summed E-state index contributed by atoms with van der Waals surface area (Å²) in [6, 6.07) is 17.2. The Bertz CT molecular complexity index is 748. The van der Waals surface area contributed by atoms with Crippen molar-refractivity contribution in [2.75, 3.05) is 0 Å². The summed E-state index contributed by atoms with van der Waals surface area (Å²) in [7, 11) is 0. The monoisotopic (exact) mass is 401 g/mol. The fourth-order valence-electron chi connectivity index (χ4n) is 2.41. The molecule has 0 bridgehead atoms. The van der Waals surface area contributed by atoms with E-state index in [2.05, 4.69) is 20.9 Å². The predicted octanol–water partition coefficient (Wildman–Crippen LogP) is 5.21. The Labute approximate surface area is 158 Å². The van der Waals surface area contributed by atoms with E-state index in [0.29, 0.717) is 6.42 Å². The van der Waals surface area contributed by atoms with Crippen LogP contribution in [0.4, 0.5) is 0 Å². The molecule has 25 heavy (non-hydrogen) atoms. The average Bonchev–Trinajstić information content (AvgIpc) is 2.55. The molecule has 0 spiro atoms. The third kappa shape index (κ3) is 6.13. The smallest absolute Gasteiger partial charge is 0.331 e. The number of rotatable bonds is 5. The fraction of sp³-hybridized carbons (Fsp3) is 0.333. The van der Waals surface area contributed by atoms with Gasteiger partial charge in [-0.15, -0.1) is 0 Å². The summed E-state index contributed by atoms with van der Waals surface area (Å²) in [6.45, 7) is 7.53. The summed E-state index contributed by atoms with van der Waals surface area (Å²) in [4.78, 5) is 17.4. The van der Waals surface area contributed by atoms with Gasteiger partial charge in [0.05, 0.1) is 0 Å². The Balaban J connectivity index is 2.32. The zero-order valence-corrected chi connectivity index (χ0v) is 16.7. The van der Waals surface area contributed by atoms with Gasteiger partial charge >= 0.3 is 5.97 Å². The normalized spacial score (nSPS) is 13.4. The van der Waals surface area contributed by atoms with E-state index in [1.165, 1.54) is 0 Å². The first-order valence-electron chi connectivity index (χ1n) is 8.32. The van der Waals surface area contributed by atoms with E-state index in [9.17, 15) is 4.79 Å². The molecular weight excluding hydrogens is 378 g/mol. The lowest BCUT2D eigenvalue weighted by atomic mass is 10.0. The Morgan fingerprint density at radius 1 is 1.08 bits per heavy atom. The molecule has 0 N–H and O–H groups in total. The molecule has 0 aliphatic rings. The van der Waals surface area contributed by atoms with Gasteiger partial charge in [0.2, 0.25) is 0 Å². The Kier molecular flexibility index (Phi) is 6.54. The lowest BCUT2D eigenvalue weighted by Gasteiger charge is -2.23. The number of carbonyl (C=O) groups excluding carboxylic acids is 1. The van der Waals surface area contributed by atoms with Gasteiger partial charge in [-0.25, -0.2) is 4.79 Å². The molecule has 0 saturated heterocycles. The van der Waals surface area contributed by atoms with E-state index < -0.39 is 11.6 Å². The minimum atomic E-state index is -0.585. The molecule has 0 fully saturated rings. The molecule has 2 rings (SSSR count). The lowest BCUT2D eigenvalue weighted by molar-refractivity contribution is -0.156. The Morgan fingerprint density at radius 3 is 2.28 bits per heavy atom. The van der Waals surface area contributed by atoms with Crippen molar-refractivity contribution in [3.8, 4) is 0 Å². The number of carbonyl (C=O) groups is 1. The summed E-state index contributed by atoms with van der Waals surface area (Å²) in [5.74, 6) is -0.307. The summed E-state index contributed by atoms with van der Waals surface area (Å²) >= 11 is 3.55. The Hall–Kier alpha value is -1.94. The Morgan fingerprint density at radius 2 is 1.68 bits per heavy atom. The predicted molar refractivity (Wildman–Crippen MR) is 106 cm³/mol. The minimum Gasteiger partial charge on any atom is -0.458 e. The molecule has 0 radical (unpaired) electrons.